The second kappa shape index (κ2) is 3.82. The van der Waals surface area contributed by atoms with E-state index in [4.69, 9.17) is 4.42 Å². The van der Waals surface area contributed by atoms with Crippen LogP contribution in [0.15, 0.2) is 41.0 Å². The predicted octanol–water partition coefficient (Wildman–Crippen LogP) is 4.55. The first-order chi connectivity index (χ1) is 7.50. The molecular formula is C15H18O. The maximum Gasteiger partial charge on any atom is 0.134 e. The van der Waals surface area contributed by atoms with Crippen molar-refractivity contribution in [1.82, 2.24) is 0 Å². The molecule has 1 aromatic carbocycles. The van der Waals surface area contributed by atoms with Crippen molar-refractivity contribution in [3.8, 4) is 11.3 Å². The Kier molecular flexibility index (Phi) is 2.63. The number of furan rings is 1. The zero-order valence-corrected chi connectivity index (χ0v) is 10.4. The first-order valence-electron chi connectivity index (χ1n) is 5.64. The Balaban J connectivity index is 2.67. The molecule has 0 atom stereocenters. The normalized spacial score (nSPS) is 11.8. The molecule has 1 nitrogen and oxygen atoms in total. The molecule has 1 heterocycles. The monoisotopic (exact) mass is 214 g/mol. The molecule has 2 rings (SSSR count). The van der Waals surface area contributed by atoms with E-state index in [-0.39, 0.29) is 5.41 Å². The van der Waals surface area contributed by atoms with Gasteiger partial charge in [-0.25, -0.2) is 0 Å². The summed E-state index contributed by atoms with van der Waals surface area (Å²) >= 11 is 0. The zero-order chi connectivity index (χ0) is 11.8. The molecule has 0 aliphatic carbocycles. The van der Waals surface area contributed by atoms with Gasteiger partial charge in [-0.15, -0.1) is 0 Å². The van der Waals surface area contributed by atoms with Crippen LogP contribution in [0.1, 0.15) is 31.9 Å². The van der Waals surface area contributed by atoms with Gasteiger partial charge in [-0.1, -0.05) is 39.0 Å². The Morgan fingerprint density at radius 2 is 1.75 bits per heavy atom. The average molecular weight is 214 g/mol. The predicted molar refractivity (Wildman–Crippen MR) is 67.6 cm³/mol. The van der Waals surface area contributed by atoms with Gasteiger partial charge < -0.3 is 4.42 Å². The third-order valence-electron chi connectivity index (χ3n) is 2.81. The maximum absolute atomic E-state index is 5.51. The van der Waals surface area contributed by atoms with Gasteiger partial charge in [-0.3, -0.25) is 0 Å². The minimum atomic E-state index is 0.132. The summed E-state index contributed by atoms with van der Waals surface area (Å²) in [6.45, 7) is 8.87. The van der Waals surface area contributed by atoms with Crippen LogP contribution >= 0.6 is 0 Å². The van der Waals surface area contributed by atoms with Gasteiger partial charge >= 0.3 is 0 Å². The van der Waals surface area contributed by atoms with E-state index in [9.17, 15) is 0 Å². The minimum absolute atomic E-state index is 0.132. The largest absolute Gasteiger partial charge is 0.464 e. The summed E-state index contributed by atoms with van der Waals surface area (Å²) in [5.41, 5.74) is 4.02. The Labute approximate surface area is 97.1 Å². The molecule has 2 aromatic rings. The summed E-state index contributed by atoms with van der Waals surface area (Å²) in [5.74, 6) is 0.952. The van der Waals surface area contributed by atoms with Crippen LogP contribution in [0.4, 0.5) is 0 Å². The molecule has 1 aromatic heterocycles. The van der Waals surface area contributed by atoms with Crippen LogP contribution in [0.5, 0.6) is 0 Å². The highest BCUT2D eigenvalue weighted by molar-refractivity contribution is 5.65. The van der Waals surface area contributed by atoms with Crippen molar-refractivity contribution in [2.24, 2.45) is 0 Å². The lowest BCUT2D eigenvalue weighted by Crippen LogP contribution is -2.14. The lowest BCUT2D eigenvalue weighted by Gasteiger charge is -2.24. The minimum Gasteiger partial charge on any atom is -0.464 e. The number of benzene rings is 1. The van der Waals surface area contributed by atoms with Gasteiger partial charge in [0, 0.05) is 5.56 Å². The van der Waals surface area contributed by atoms with E-state index in [1.54, 1.807) is 6.26 Å². The first-order valence-corrected chi connectivity index (χ1v) is 5.64. The van der Waals surface area contributed by atoms with Crippen LogP contribution in [0, 0.1) is 6.92 Å². The highest BCUT2D eigenvalue weighted by Gasteiger charge is 2.21. The Morgan fingerprint density at radius 3 is 2.31 bits per heavy atom. The molecule has 84 valence electrons. The molecular weight excluding hydrogens is 196 g/mol. The van der Waals surface area contributed by atoms with Gasteiger partial charge in [-0.2, -0.15) is 0 Å². The second-order valence-corrected chi connectivity index (χ2v) is 5.22. The fourth-order valence-corrected chi connectivity index (χ4v) is 2.30. The van der Waals surface area contributed by atoms with Crippen molar-refractivity contribution in [1.29, 1.82) is 0 Å². The molecule has 0 unspecified atom stereocenters. The number of hydrogen-bond donors (Lipinski definition) is 0. The molecule has 0 bridgehead atoms. The van der Waals surface area contributed by atoms with E-state index in [1.165, 1.54) is 16.7 Å². The molecule has 0 aliphatic heterocycles. The van der Waals surface area contributed by atoms with E-state index in [1.807, 2.05) is 12.1 Å². The first kappa shape index (κ1) is 11.0. The van der Waals surface area contributed by atoms with E-state index >= 15 is 0 Å². The molecule has 1 heteroatoms. The lowest BCUT2D eigenvalue weighted by molar-refractivity contribution is 0.564. The molecule has 0 spiro atoms. The van der Waals surface area contributed by atoms with Gasteiger partial charge in [0.25, 0.3) is 0 Å². The summed E-state index contributed by atoms with van der Waals surface area (Å²) in [7, 11) is 0. The van der Waals surface area contributed by atoms with Crippen molar-refractivity contribution < 1.29 is 4.42 Å². The van der Waals surface area contributed by atoms with Crippen LogP contribution in [0.25, 0.3) is 11.3 Å². The topological polar surface area (TPSA) is 13.1 Å². The van der Waals surface area contributed by atoms with Crippen molar-refractivity contribution in [3.63, 3.8) is 0 Å². The molecule has 0 saturated heterocycles. The SMILES string of the molecule is Cc1cccc(-c2ccco2)c1C(C)(C)C. The smallest absolute Gasteiger partial charge is 0.134 e. The Bertz CT molecular complexity index is 473. The van der Waals surface area contributed by atoms with Gasteiger partial charge in [-0.05, 0) is 35.6 Å². The highest BCUT2D eigenvalue weighted by atomic mass is 16.3. The third-order valence-corrected chi connectivity index (χ3v) is 2.81. The van der Waals surface area contributed by atoms with Crippen LogP contribution in [0.3, 0.4) is 0 Å². The number of hydrogen-bond acceptors (Lipinski definition) is 1. The van der Waals surface area contributed by atoms with Gasteiger partial charge in [0.05, 0.1) is 6.26 Å². The molecule has 16 heavy (non-hydrogen) atoms. The highest BCUT2D eigenvalue weighted by Crippen LogP contribution is 2.35. The van der Waals surface area contributed by atoms with Crippen molar-refractivity contribution >= 4 is 0 Å². The van der Waals surface area contributed by atoms with E-state index in [0.717, 1.165) is 5.76 Å². The van der Waals surface area contributed by atoms with E-state index in [0.29, 0.717) is 0 Å². The van der Waals surface area contributed by atoms with Crippen LogP contribution < -0.4 is 0 Å². The fourth-order valence-electron chi connectivity index (χ4n) is 2.30. The standard InChI is InChI=1S/C15H18O/c1-11-7-5-8-12(13-9-6-10-16-13)14(11)15(2,3)4/h5-10H,1-4H3. The van der Waals surface area contributed by atoms with Crippen molar-refractivity contribution in [2.75, 3.05) is 0 Å². The summed E-state index contributed by atoms with van der Waals surface area (Å²) in [6, 6.07) is 10.3. The molecule has 0 fully saturated rings. The van der Waals surface area contributed by atoms with Crippen LogP contribution in [0.2, 0.25) is 0 Å². The zero-order valence-electron chi connectivity index (χ0n) is 10.4. The molecule has 0 saturated carbocycles. The lowest BCUT2D eigenvalue weighted by atomic mass is 9.80. The average Bonchev–Trinajstić information content (AvgIpc) is 2.67. The summed E-state index contributed by atoms with van der Waals surface area (Å²) in [6.07, 6.45) is 1.73. The van der Waals surface area contributed by atoms with Gasteiger partial charge in [0.1, 0.15) is 5.76 Å². The molecule has 0 N–H and O–H groups in total. The summed E-state index contributed by atoms with van der Waals surface area (Å²) in [4.78, 5) is 0. The van der Waals surface area contributed by atoms with E-state index in [2.05, 4.69) is 45.9 Å². The number of rotatable bonds is 1. The van der Waals surface area contributed by atoms with Crippen molar-refractivity contribution in [3.05, 3.63) is 47.7 Å². The number of aryl methyl sites for hydroxylation is 1. The quantitative estimate of drug-likeness (QED) is 0.678. The van der Waals surface area contributed by atoms with E-state index < -0.39 is 0 Å². The summed E-state index contributed by atoms with van der Waals surface area (Å²) < 4.78 is 5.51. The van der Waals surface area contributed by atoms with Crippen LogP contribution in [-0.4, -0.2) is 0 Å². The van der Waals surface area contributed by atoms with Gasteiger partial charge in [0.2, 0.25) is 0 Å². The molecule has 0 amide bonds. The third kappa shape index (κ3) is 1.90. The Morgan fingerprint density at radius 1 is 1.00 bits per heavy atom. The molecule has 0 aliphatic rings. The maximum atomic E-state index is 5.51. The van der Waals surface area contributed by atoms with Gasteiger partial charge in [0.15, 0.2) is 0 Å². The summed E-state index contributed by atoms with van der Waals surface area (Å²) in [5, 5.41) is 0. The fraction of sp³-hybridized carbons (Fsp3) is 0.333. The molecule has 0 radical (unpaired) electrons. The second-order valence-electron chi connectivity index (χ2n) is 5.22. The Hall–Kier alpha value is -1.50. The van der Waals surface area contributed by atoms with Crippen molar-refractivity contribution in [2.45, 2.75) is 33.1 Å². The van der Waals surface area contributed by atoms with Crippen LogP contribution in [-0.2, 0) is 5.41 Å².